The van der Waals surface area contributed by atoms with Crippen LogP contribution in [0.5, 0.6) is 0 Å². The molecule has 1 heterocycles. The van der Waals surface area contributed by atoms with Gasteiger partial charge in [-0.15, -0.1) is 0 Å². The number of aromatic nitrogens is 1. The molecule has 2 rings (SSSR count). The van der Waals surface area contributed by atoms with Crippen molar-refractivity contribution in [1.82, 2.24) is 4.98 Å². The van der Waals surface area contributed by atoms with Crippen molar-refractivity contribution in [3.8, 4) is 11.3 Å². The highest BCUT2D eigenvalue weighted by atomic mass is 14.7. The third-order valence-electron chi connectivity index (χ3n) is 4.51. The van der Waals surface area contributed by atoms with Crippen molar-refractivity contribution in [2.24, 2.45) is 0 Å². The lowest BCUT2D eigenvalue weighted by molar-refractivity contribution is 0.553. The molecule has 0 saturated carbocycles. The Balaban J connectivity index is 2.57. The summed E-state index contributed by atoms with van der Waals surface area (Å²) < 4.78 is 0. The minimum Gasteiger partial charge on any atom is -0.252 e. The van der Waals surface area contributed by atoms with Crippen LogP contribution >= 0.6 is 0 Å². The first-order chi connectivity index (χ1) is 10.8. The van der Waals surface area contributed by atoms with E-state index in [1.807, 2.05) is 0 Å². The number of pyridine rings is 1. The first-order valence-corrected chi connectivity index (χ1v) is 8.92. The van der Waals surface area contributed by atoms with Crippen LogP contribution in [0.25, 0.3) is 11.3 Å². The Hall–Kier alpha value is -1.63. The Morgan fingerprint density at radius 2 is 1.08 bits per heavy atom. The van der Waals surface area contributed by atoms with Gasteiger partial charge in [-0.1, -0.05) is 86.6 Å². The van der Waals surface area contributed by atoms with Gasteiger partial charge >= 0.3 is 0 Å². The predicted molar refractivity (Wildman–Crippen MR) is 106 cm³/mol. The molecule has 0 aliphatic carbocycles. The van der Waals surface area contributed by atoms with Gasteiger partial charge in [0.25, 0.3) is 0 Å². The Morgan fingerprint density at radius 3 is 1.50 bits per heavy atom. The van der Waals surface area contributed by atoms with E-state index in [9.17, 15) is 0 Å². The molecular weight excluding hydrogens is 290 g/mol. The first-order valence-electron chi connectivity index (χ1n) is 8.92. The van der Waals surface area contributed by atoms with Gasteiger partial charge in [-0.05, 0) is 34.1 Å². The molecule has 1 aromatic heterocycles. The summed E-state index contributed by atoms with van der Waals surface area (Å²) in [5, 5.41) is 0. The van der Waals surface area contributed by atoms with Crippen LogP contribution in [0.3, 0.4) is 0 Å². The van der Waals surface area contributed by atoms with E-state index in [2.05, 4.69) is 98.7 Å². The fourth-order valence-electron chi connectivity index (χ4n) is 2.64. The summed E-state index contributed by atoms with van der Waals surface area (Å²) >= 11 is 0. The zero-order valence-electron chi connectivity index (χ0n) is 16.9. The molecular formula is C23H33N. The molecule has 0 atom stereocenters. The van der Waals surface area contributed by atoms with Crippen LogP contribution < -0.4 is 0 Å². The van der Waals surface area contributed by atoms with Crippen LogP contribution in [0.2, 0.25) is 0 Å². The number of nitrogens with zero attached hydrogens (tertiary/aromatic N) is 1. The van der Waals surface area contributed by atoms with Gasteiger partial charge in [-0.25, -0.2) is 0 Å². The molecule has 0 bridgehead atoms. The standard InChI is InChI=1S/C23H33N/c1-21(2,3)17-12-10-16(11-13-17)19-14-18(22(4,5)6)15-20(24-19)23(7,8)9/h10-15H,1-9H3. The van der Waals surface area contributed by atoms with Crippen LogP contribution in [-0.2, 0) is 16.2 Å². The molecule has 0 aliphatic heterocycles. The molecule has 24 heavy (non-hydrogen) atoms. The molecule has 130 valence electrons. The van der Waals surface area contributed by atoms with Gasteiger partial charge in [0.1, 0.15) is 0 Å². The van der Waals surface area contributed by atoms with E-state index in [0.717, 1.165) is 11.4 Å². The van der Waals surface area contributed by atoms with E-state index in [4.69, 9.17) is 4.98 Å². The Bertz CT molecular complexity index is 669. The Morgan fingerprint density at radius 1 is 0.583 bits per heavy atom. The minimum atomic E-state index is 0.0430. The zero-order valence-corrected chi connectivity index (χ0v) is 16.9. The van der Waals surface area contributed by atoms with Crippen molar-refractivity contribution in [2.45, 2.75) is 78.6 Å². The van der Waals surface area contributed by atoms with Crippen LogP contribution in [-0.4, -0.2) is 4.98 Å². The number of hydrogen-bond donors (Lipinski definition) is 0. The van der Waals surface area contributed by atoms with Crippen molar-refractivity contribution in [1.29, 1.82) is 0 Å². The van der Waals surface area contributed by atoms with Gasteiger partial charge in [-0.2, -0.15) is 0 Å². The average molecular weight is 324 g/mol. The molecule has 0 fully saturated rings. The van der Waals surface area contributed by atoms with Crippen molar-refractivity contribution < 1.29 is 0 Å². The summed E-state index contributed by atoms with van der Waals surface area (Å²) in [7, 11) is 0. The highest BCUT2D eigenvalue weighted by molar-refractivity contribution is 5.61. The van der Waals surface area contributed by atoms with Crippen molar-refractivity contribution in [3.05, 3.63) is 53.2 Å². The quantitative estimate of drug-likeness (QED) is 0.573. The molecule has 0 spiro atoms. The number of hydrogen-bond acceptors (Lipinski definition) is 1. The zero-order chi connectivity index (χ0) is 18.3. The molecule has 1 heteroatoms. The fourth-order valence-corrected chi connectivity index (χ4v) is 2.64. The lowest BCUT2D eigenvalue weighted by Crippen LogP contribution is -2.18. The molecule has 0 N–H and O–H groups in total. The molecule has 0 amide bonds. The summed E-state index contributed by atoms with van der Waals surface area (Å²) in [5.74, 6) is 0. The highest BCUT2D eigenvalue weighted by Crippen LogP contribution is 2.32. The maximum atomic E-state index is 4.98. The number of benzene rings is 1. The van der Waals surface area contributed by atoms with Crippen LogP contribution in [0.15, 0.2) is 36.4 Å². The van der Waals surface area contributed by atoms with E-state index >= 15 is 0 Å². The normalized spacial score (nSPS) is 13.2. The predicted octanol–water partition coefficient (Wildman–Crippen LogP) is 6.64. The van der Waals surface area contributed by atoms with Crippen molar-refractivity contribution in [3.63, 3.8) is 0 Å². The maximum absolute atomic E-state index is 4.98. The molecule has 1 nitrogen and oxygen atoms in total. The van der Waals surface area contributed by atoms with E-state index in [1.165, 1.54) is 16.7 Å². The largest absolute Gasteiger partial charge is 0.252 e. The van der Waals surface area contributed by atoms with Crippen molar-refractivity contribution in [2.75, 3.05) is 0 Å². The Labute approximate surface area is 148 Å². The van der Waals surface area contributed by atoms with Gasteiger partial charge in [0.05, 0.1) is 5.69 Å². The van der Waals surface area contributed by atoms with Crippen LogP contribution in [0, 0.1) is 0 Å². The smallest absolute Gasteiger partial charge is 0.0708 e. The van der Waals surface area contributed by atoms with Crippen LogP contribution in [0.1, 0.15) is 79.1 Å². The third kappa shape index (κ3) is 4.26. The topological polar surface area (TPSA) is 12.9 Å². The average Bonchev–Trinajstić information content (AvgIpc) is 2.44. The summed E-state index contributed by atoms with van der Waals surface area (Å²) in [6.07, 6.45) is 0. The fraction of sp³-hybridized carbons (Fsp3) is 0.522. The van der Waals surface area contributed by atoms with Crippen molar-refractivity contribution >= 4 is 0 Å². The van der Waals surface area contributed by atoms with Gasteiger partial charge in [0.15, 0.2) is 0 Å². The van der Waals surface area contributed by atoms with E-state index in [1.54, 1.807) is 0 Å². The Kier molecular flexibility index (Phi) is 4.69. The second kappa shape index (κ2) is 6.02. The highest BCUT2D eigenvalue weighted by Gasteiger charge is 2.22. The van der Waals surface area contributed by atoms with E-state index < -0.39 is 0 Å². The minimum absolute atomic E-state index is 0.0430. The summed E-state index contributed by atoms with van der Waals surface area (Å²) in [6, 6.07) is 13.4. The van der Waals surface area contributed by atoms with E-state index in [-0.39, 0.29) is 16.2 Å². The van der Waals surface area contributed by atoms with E-state index in [0.29, 0.717) is 0 Å². The second-order valence-corrected chi connectivity index (χ2v) is 9.95. The molecule has 0 aliphatic rings. The van der Waals surface area contributed by atoms with Gasteiger partial charge < -0.3 is 0 Å². The van der Waals surface area contributed by atoms with Gasteiger partial charge in [-0.3, -0.25) is 4.98 Å². The summed E-state index contributed by atoms with van der Waals surface area (Å²) in [6.45, 7) is 20.2. The molecule has 0 saturated heterocycles. The molecule has 2 aromatic rings. The van der Waals surface area contributed by atoms with Crippen LogP contribution in [0.4, 0.5) is 0 Å². The summed E-state index contributed by atoms with van der Waals surface area (Å²) in [5.41, 5.74) is 6.46. The molecule has 0 radical (unpaired) electrons. The number of rotatable bonds is 1. The summed E-state index contributed by atoms with van der Waals surface area (Å²) in [4.78, 5) is 4.98. The second-order valence-electron chi connectivity index (χ2n) is 9.95. The molecule has 1 aromatic carbocycles. The lowest BCUT2D eigenvalue weighted by Gasteiger charge is -2.25. The SMILES string of the molecule is CC(C)(C)c1ccc(-c2cc(C(C)(C)C)cc(C(C)(C)C)n2)cc1. The molecule has 0 unspecified atom stereocenters. The van der Waals surface area contributed by atoms with Gasteiger partial charge in [0, 0.05) is 16.7 Å². The monoisotopic (exact) mass is 323 g/mol. The van der Waals surface area contributed by atoms with Gasteiger partial charge in [0.2, 0.25) is 0 Å². The first kappa shape index (κ1) is 18.7. The lowest BCUT2D eigenvalue weighted by atomic mass is 9.82. The third-order valence-corrected chi connectivity index (χ3v) is 4.51. The maximum Gasteiger partial charge on any atom is 0.0708 e.